The number of carbonyl (C=O) groups excluding carboxylic acids is 1. The van der Waals surface area contributed by atoms with Crippen molar-refractivity contribution >= 4 is 16.3 Å². The van der Waals surface area contributed by atoms with E-state index in [0.717, 1.165) is 5.56 Å². The summed E-state index contributed by atoms with van der Waals surface area (Å²) in [6.07, 6.45) is -0.942. The van der Waals surface area contributed by atoms with Gasteiger partial charge in [0, 0.05) is 6.42 Å². The molecule has 1 saturated heterocycles. The van der Waals surface area contributed by atoms with Crippen LogP contribution in [0.3, 0.4) is 0 Å². The Morgan fingerprint density at radius 2 is 1.94 bits per heavy atom. The lowest BCUT2D eigenvalue weighted by Crippen LogP contribution is -2.36. The van der Waals surface area contributed by atoms with Crippen molar-refractivity contribution < 1.29 is 26.9 Å². The van der Waals surface area contributed by atoms with Crippen molar-refractivity contribution in [1.82, 2.24) is 0 Å². The quantitative estimate of drug-likeness (QED) is 0.614. The molecule has 0 aromatic heterocycles. The third kappa shape index (κ3) is 2.92. The first kappa shape index (κ1) is 12.7. The van der Waals surface area contributed by atoms with Crippen molar-refractivity contribution in [3.05, 3.63) is 29.8 Å². The molecule has 0 saturated carbocycles. The van der Waals surface area contributed by atoms with Gasteiger partial charge in [-0.05, 0) is 19.1 Å². The number of rotatable bonds is 3. The van der Waals surface area contributed by atoms with Gasteiger partial charge in [-0.3, -0.25) is 0 Å². The first-order valence-corrected chi connectivity index (χ1v) is 6.78. The van der Waals surface area contributed by atoms with Gasteiger partial charge >= 0.3 is 16.3 Å². The first-order chi connectivity index (χ1) is 8.47. The van der Waals surface area contributed by atoms with E-state index in [2.05, 4.69) is 9.47 Å². The molecule has 7 heteroatoms. The van der Waals surface area contributed by atoms with E-state index in [-0.39, 0.29) is 18.8 Å². The fraction of sp³-hybridized carbons (Fsp3) is 0.364. The average Bonchev–Trinajstić information content (AvgIpc) is 2.32. The van der Waals surface area contributed by atoms with Crippen molar-refractivity contribution in [3.8, 4) is 5.75 Å². The average molecular weight is 272 g/mol. The molecule has 0 aliphatic carbocycles. The zero-order chi connectivity index (χ0) is 13.2. The standard InChI is InChI=1S/C11H12O6S/c1-8-2-4-9(5-3-8)17-18(13,14)10-6-7-15-11(12)16-10/h2-5,10H,6-7H2,1H3. The third-order valence-corrected chi connectivity index (χ3v) is 3.76. The lowest BCUT2D eigenvalue weighted by Gasteiger charge is -2.21. The van der Waals surface area contributed by atoms with Crippen LogP contribution in [0.15, 0.2) is 24.3 Å². The van der Waals surface area contributed by atoms with Crippen LogP contribution in [0.1, 0.15) is 12.0 Å². The van der Waals surface area contributed by atoms with Gasteiger partial charge in [-0.25, -0.2) is 4.79 Å². The van der Waals surface area contributed by atoms with Crippen LogP contribution >= 0.6 is 0 Å². The van der Waals surface area contributed by atoms with Gasteiger partial charge in [0.1, 0.15) is 5.75 Å². The summed E-state index contributed by atoms with van der Waals surface area (Å²) in [4.78, 5) is 10.9. The summed E-state index contributed by atoms with van der Waals surface area (Å²) in [5.41, 5.74) is -0.336. The van der Waals surface area contributed by atoms with Gasteiger partial charge in [-0.15, -0.1) is 0 Å². The van der Waals surface area contributed by atoms with Gasteiger partial charge in [-0.1, -0.05) is 17.7 Å². The van der Waals surface area contributed by atoms with E-state index >= 15 is 0 Å². The Kier molecular flexibility index (Phi) is 3.42. The molecule has 1 atom stereocenters. The Morgan fingerprint density at radius 1 is 1.28 bits per heavy atom. The van der Waals surface area contributed by atoms with Crippen LogP contribution in [-0.2, 0) is 19.6 Å². The van der Waals surface area contributed by atoms with Crippen LogP contribution in [0.25, 0.3) is 0 Å². The molecule has 0 radical (unpaired) electrons. The van der Waals surface area contributed by atoms with Gasteiger partial charge < -0.3 is 13.7 Å². The zero-order valence-corrected chi connectivity index (χ0v) is 10.5. The van der Waals surface area contributed by atoms with Gasteiger partial charge in [-0.2, -0.15) is 8.42 Å². The van der Waals surface area contributed by atoms with E-state index < -0.39 is 21.7 Å². The van der Waals surface area contributed by atoms with E-state index in [1.165, 1.54) is 12.1 Å². The largest absolute Gasteiger partial charge is 0.509 e. The minimum Gasteiger partial charge on any atom is -0.434 e. The maximum atomic E-state index is 11.8. The van der Waals surface area contributed by atoms with Crippen molar-refractivity contribution in [3.63, 3.8) is 0 Å². The molecular weight excluding hydrogens is 260 g/mol. The fourth-order valence-electron chi connectivity index (χ4n) is 1.42. The summed E-state index contributed by atoms with van der Waals surface area (Å²) >= 11 is 0. The Morgan fingerprint density at radius 3 is 2.56 bits per heavy atom. The summed E-state index contributed by atoms with van der Waals surface area (Å²) < 4.78 is 37.6. The molecule has 0 bridgehead atoms. The number of aryl methyl sites for hydroxylation is 1. The minimum absolute atomic E-state index is 0.0000121. The van der Waals surface area contributed by atoms with Crippen molar-refractivity contribution in [2.24, 2.45) is 0 Å². The van der Waals surface area contributed by atoms with E-state index in [1.807, 2.05) is 6.92 Å². The van der Waals surface area contributed by atoms with Crippen LogP contribution in [-0.4, -0.2) is 26.6 Å². The number of carbonyl (C=O) groups is 1. The predicted octanol–water partition coefficient (Wildman–Crippen LogP) is 1.59. The Bertz CT molecular complexity index is 533. The molecule has 1 aliphatic rings. The predicted molar refractivity (Wildman–Crippen MR) is 61.6 cm³/mol. The highest BCUT2D eigenvalue weighted by molar-refractivity contribution is 7.87. The topological polar surface area (TPSA) is 78.9 Å². The molecule has 6 nitrogen and oxygen atoms in total. The molecule has 1 unspecified atom stereocenters. The summed E-state index contributed by atoms with van der Waals surface area (Å²) in [6, 6.07) is 6.52. The molecule has 0 N–H and O–H groups in total. The summed E-state index contributed by atoms with van der Waals surface area (Å²) in [6.45, 7) is 1.87. The molecule has 1 aromatic carbocycles. The van der Waals surface area contributed by atoms with E-state index in [0.29, 0.717) is 0 Å². The molecule has 18 heavy (non-hydrogen) atoms. The molecule has 1 fully saturated rings. The second-order valence-corrected chi connectivity index (χ2v) is 5.50. The lowest BCUT2D eigenvalue weighted by atomic mass is 10.2. The van der Waals surface area contributed by atoms with Crippen LogP contribution in [0.2, 0.25) is 0 Å². The van der Waals surface area contributed by atoms with Gasteiger partial charge in [0.2, 0.25) is 5.44 Å². The van der Waals surface area contributed by atoms with Crippen LogP contribution in [0, 0.1) is 6.92 Å². The maximum Gasteiger partial charge on any atom is 0.509 e. The minimum atomic E-state index is -4.01. The molecule has 1 aliphatic heterocycles. The highest BCUT2D eigenvalue weighted by Gasteiger charge is 2.35. The van der Waals surface area contributed by atoms with Crippen molar-refractivity contribution in [2.45, 2.75) is 18.8 Å². The monoisotopic (exact) mass is 272 g/mol. The maximum absolute atomic E-state index is 11.8. The third-order valence-electron chi connectivity index (χ3n) is 2.36. The SMILES string of the molecule is Cc1ccc(OS(=O)(=O)C2CCOC(=O)O2)cc1. The summed E-state index contributed by atoms with van der Waals surface area (Å²) in [5.74, 6) is 0.183. The molecule has 1 aromatic rings. The fourth-order valence-corrected chi connectivity index (χ4v) is 2.49. The van der Waals surface area contributed by atoms with Gasteiger partial charge in [0.15, 0.2) is 0 Å². The molecule has 0 spiro atoms. The summed E-state index contributed by atoms with van der Waals surface area (Å²) in [7, 11) is -4.01. The van der Waals surface area contributed by atoms with E-state index in [4.69, 9.17) is 4.18 Å². The highest BCUT2D eigenvalue weighted by atomic mass is 32.2. The highest BCUT2D eigenvalue weighted by Crippen LogP contribution is 2.20. The molecular formula is C11H12O6S. The Hall–Kier alpha value is -1.76. The van der Waals surface area contributed by atoms with Gasteiger partial charge in [0.25, 0.3) is 0 Å². The van der Waals surface area contributed by atoms with Crippen LogP contribution in [0.5, 0.6) is 5.75 Å². The van der Waals surface area contributed by atoms with E-state index in [1.54, 1.807) is 12.1 Å². The first-order valence-electron chi connectivity index (χ1n) is 5.31. The second-order valence-electron chi connectivity index (χ2n) is 3.82. The normalized spacial score (nSPS) is 19.8. The van der Waals surface area contributed by atoms with Crippen molar-refractivity contribution in [2.75, 3.05) is 6.61 Å². The molecule has 0 amide bonds. The van der Waals surface area contributed by atoms with Crippen LogP contribution in [0.4, 0.5) is 4.79 Å². The number of hydrogen-bond acceptors (Lipinski definition) is 6. The number of ether oxygens (including phenoxy) is 2. The Labute approximate surface area is 105 Å². The van der Waals surface area contributed by atoms with Crippen LogP contribution < -0.4 is 4.18 Å². The number of benzene rings is 1. The smallest absolute Gasteiger partial charge is 0.434 e. The Balaban J connectivity index is 2.11. The van der Waals surface area contributed by atoms with Crippen molar-refractivity contribution in [1.29, 1.82) is 0 Å². The number of cyclic esters (lactones) is 2. The second kappa shape index (κ2) is 4.85. The molecule has 2 rings (SSSR count). The van der Waals surface area contributed by atoms with Gasteiger partial charge in [0.05, 0.1) is 6.61 Å². The summed E-state index contributed by atoms with van der Waals surface area (Å²) in [5, 5.41) is 0. The van der Waals surface area contributed by atoms with E-state index in [9.17, 15) is 13.2 Å². The lowest BCUT2D eigenvalue weighted by molar-refractivity contribution is 0.00247. The molecule has 98 valence electrons. The number of hydrogen-bond donors (Lipinski definition) is 0. The zero-order valence-electron chi connectivity index (χ0n) is 9.66. The molecule has 1 heterocycles.